The zero-order chi connectivity index (χ0) is 14.4. The van der Waals surface area contributed by atoms with E-state index in [0.717, 1.165) is 0 Å². The zero-order valence-corrected chi connectivity index (χ0v) is 10.9. The van der Waals surface area contributed by atoms with E-state index in [-0.39, 0.29) is 12.4 Å². The van der Waals surface area contributed by atoms with Crippen LogP contribution in [0.5, 0.6) is 0 Å². The first-order valence-corrected chi connectivity index (χ1v) is 5.98. The second-order valence-corrected chi connectivity index (χ2v) is 4.20. The topological polar surface area (TPSA) is 69.6 Å². The number of halogens is 1. The number of hydrogen-bond donors (Lipinski definition) is 2. The molecule has 0 fully saturated rings. The second-order valence-electron chi connectivity index (χ2n) is 4.20. The summed E-state index contributed by atoms with van der Waals surface area (Å²) in [6.45, 7) is 3.50. The summed E-state index contributed by atoms with van der Waals surface area (Å²) in [5.74, 6) is -1.45. The number of aryl methyl sites for hydroxylation is 1. The number of nitrogens with zero attached hydrogens (tertiary/aromatic N) is 1. The van der Waals surface area contributed by atoms with Crippen LogP contribution in [0.15, 0.2) is 18.2 Å². The molecule has 0 saturated carbocycles. The van der Waals surface area contributed by atoms with Crippen LogP contribution in [0.4, 0.5) is 14.9 Å². The number of carbonyl (C=O) groups is 2. The maximum Gasteiger partial charge on any atom is 0.323 e. The molecule has 0 aliphatic carbocycles. The Kier molecular flexibility index (Phi) is 5.29. The van der Waals surface area contributed by atoms with Crippen LogP contribution in [-0.4, -0.2) is 35.1 Å². The fourth-order valence-electron chi connectivity index (χ4n) is 1.65. The zero-order valence-electron chi connectivity index (χ0n) is 10.9. The number of hydrogen-bond acceptors (Lipinski definition) is 2. The first-order valence-electron chi connectivity index (χ1n) is 5.98. The molecule has 0 unspecified atom stereocenters. The molecular formula is C13H17FN2O3. The van der Waals surface area contributed by atoms with E-state index in [0.29, 0.717) is 24.2 Å². The lowest BCUT2D eigenvalue weighted by Crippen LogP contribution is -2.39. The van der Waals surface area contributed by atoms with E-state index in [2.05, 4.69) is 5.32 Å². The van der Waals surface area contributed by atoms with Gasteiger partial charge in [0.05, 0.1) is 0 Å². The van der Waals surface area contributed by atoms with Crippen LogP contribution in [-0.2, 0) is 4.79 Å². The van der Waals surface area contributed by atoms with Crippen LogP contribution in [0.1, 0.15) is 18.9 Å². The van der Waals surface area contributed by atoms with Gasteiger partial charge in [-0.2, -0.15) is 0 Å². The van der Waals surface area contributed by atoms with Crippen molar-refractivity contribution in [2.24, 2.45) is 0 Å². The van der Waals surface area contributed by atoms with E-state index in [4.69, 9.17) is 5.11 Å². The molecule has 0 aromatic heterocycles. The third-order valence-corrected chi connectivity index (χ3v) is 2.54. The maximum absolute atomic E-state index is 12.9. The molecule has 2 N–H and O–H groups in total. The minimum Gasteiger partial charge on any atom is -0.480 e. The smallest absolute Gasteiger partial charge is 0.323 e. The molecule has 1 aromatic carbocycles. The van der Waals surface area contributed by atoms with Crippen molar-refractivity contribution in [2.75, 3.05) is 18.4 Å². The molecule has 1 aromatic rings. The van der Waals surface area contributed by atoms with Crippen LogP contribution < -0.4 is 5.32 Å². The molecule has 5 nitrogen and oxygen atoms in total. The van der Waals surface area contributed by atoms with Gasteiger partial charge >= 0.3 is 12.0 Å². The normalized spacial score (nSPS) is 10.1. The molecule has 104 valence electrons. The lowest BCUT2D eigenvalue weighted by Gasteiger charge is -2.21. The van der Waals surface area contributed by atoms with Gasteiger partial charge in [0.1, 0.15) is 12.4 Å². The highest BCUT2D eigenvalue weighted by Crippen LogP contribution is 2.16. The van der Waals surface area contributed by atoms with Gasteiger partial charge in [0.2, 0.25) is 0 Å². The number of aliphatic carboxylic acids is 1. The lowest BCUT2D eigenvalue weighted by atomic mass is 10.2. The molecule has 1 rings (SSSR count). The molecule has 0 saturated heterocycles. The number of anilines is 1. The van der Waals surface area contributed by atoms with Crippen LogP contribution in [0.25, 0.3) is 0 Å². The molecular weight excluding hydrogens is 251 g/mol. The van der Waals surface area contributed by atoms with Crippen molar-refractivity contribution in [3.63, 3.8) is 0 Å². The summed E-state index contributed by atoms with van der Waals surface area (Å²) >= 11 is 0. The molecule has 0 aliphatic rings. The van der Waals surface area contributed by atoms with E-state index >= 15 is 0 Å². The predicted octanol–water partition coefficient (Wildman–Crippen LogP) is 2.46. The number of carbonyl (C=O) groups excluding carboxylic acids is 1. The van der Waals surface area contributed by atoms with Crippen molar-refractivity contribution in [2.45, 2.75) is 20.3 Å². The fraction of sp³-hybridized carbons (Fsp3) is 0.385. The molecule has 0 radical (unpaired) electrons. The Bertz CT molecular complexity index is 477. The van der Waals surface area contributed by atoms with Gasteiger partial charge in [0, 0.05) is 12.2 Å². The number of amides is 2. The van der Waals surface area contributed by atoms with Gasteiger partial charge in [-0.3, -0.25) is 4.79 Å². The number of rotatable bonds is 5. The van der Waals surface area contributed by atoms with Gasteiger partial charge in [-0.05, 0) is 37.1 Å². The van der Waals surface area contributed by atoms with Crippen molar-refractivity contribution >= 4 is 17.7 Å². The summed E-state index contributed by atoms with van der Waals surface area (Å²) in [4.78, 5) is 23.8. The van der Waals surface area contributed by atoms with E-state index in [1.807, 2.05) is 6.92 Å². The Morgan fingerprint density at radius 3 is 2.63 bits per heavy atom. The monoisotopic (exact) mass is 268 g/mol. The Morgan fingerprint density at radius 2 is 2.11 bits per heavy atom. The van der Waals surface area contributed by atoms with Gasteiger partial charge < -0.3 is 15.3 Å². The first kappa shape index (κ1) is 14.9. The number of benzene rings is 1. The third kappa shape index (κ3) is 4.57. The Morgan fingerprint density at radius 1 is 1.42 bits per heavy atom. The molecule has 0 atom stereocenters. The summed E-state index contributed by atoms with van der Waals surface area (Å²) in [7, 11) is 0. The molecule has 0 aliphatic heterocycles. The Labute approximate surface area is 111 Å². The van der Waals surface area contributed by atoms with Gasteiger partial charge in [-0.15, -0.1) is 0 Å². The third-order valence-electron chi connectivity index (χ3n) is 2.54. The standard InChI is InChI=1S/C13H17FN2O3/c1-3-6-16(8-12(17)18)13(19)15-11-5-4-10(14)7-9(11)2/h4-5,7H,3,6,8H2,1-2H3,(H,15,19)(H,17,18). The van der Waals surface area contributed by atoms with E-state index in [1.165, 1.54) is 23.1 Å². The predicted molar refractivity (Wildman–Crippen MR) is 69.7 cm³/mol. The van der Waals surface area contributed by atoms with Gasteiger partial charge in [-0.1, -0.05) is 6.92 Å². The van der Waals surface area contributed by atoms with Crippen LogP contribution >= 0.6 is 0 Å². The molecule has 2 amide bonds. The Balaban J connectivity index is 2.77. The molecule has 0 heterocycles. The summed E-state index contributed by atoms with van der Waals surface area (Å²) < 4.78 is 12.9. The number of carboxylic acid groups (broad SMARTS) is 1. The van der Waals surface area contributed by atoms with E-state index < -0.39 is 12.0 Å². The quantitative estimate of drug-likeness (QED) is 0.861. The van der Waals surface area contributed by atoms with Crippen molar-refractivity contribution < 1.29 is 19.1 Å². The van der Waals surface area contributed by atoms with Crippen LogP contribution in [0, 0.1) is 12.7 Å². The second kappa shape index (κ2) is 6.72. The minimum absolute atomic E-state index is 0.346. The fourth-order valence-corrected chi connectivity index (χ4v) is 1.65. The minimum atomic E-state index is -1.07. The summed E-state index contributed by atoms with van der Waals surface area (Å²) in [5.41, 5.74) is 1.05. The van der Waals surface area contributed by atoms with E-state index in [1.54, 1.807) is 6.92 Å². The summed E-state index contributed by atoms with van der Waals surface area (Å²) in [6, 6.07) is 3.49. The number of urea groups is 1. The average molecular weight is 268 g/mol. The summed E-state index contributed by atoms with van der Waals surface area (Å²) in [6.07, 6.45) is 0.656. The largest absolute Gasteiger partial charge is 0.480 e. The van der Waals surface area contributed by atoms with E-state index in [9.17, 15) is 14.0 Å². The highest BCUT2D eigenvalue weighted by molar-refractivity contribution is 5.92. The molecule has 6 heteroatoms. The van der Waals surface area contributed by atoms with Crippen molar-refractivity contribution in [1.29, 1.82) is 0 Å². The van der Waals surface area contributed by atoms with Gasteiger partial charge in [0.25, 0.3) is 0 Å². The first-order chi connectivity index (χ1) is 8.93. The van der Waals surface area contributed by atoms with Crippen molar-refractivity contribution in [3.8, 4) is 0 Å². The molecule has 0 bridgehead atoms. The number of carboxylic acids is 1. The van der Waals surface area contributed by atoms with Gasteiger partial charge in [0.15, 0.2) is 0 Å². The molecule has 0 spiro atoms. The van der Waals surface area contributed by atoms with Crippen molar-refractivity contribution in [3.05, 3.63) is 29.6 Å². The number of nitrogens with one attached hydrogen (secondary N) is 1. The highest BCUT2D eigenvalue weighted by Gasteiger charge is 2.16. The average Bonchev–Trinajstić information content (AvgIpc) is 2.31. The van der Waals surface area contributed by atoms with Crippen molar-refractivity contribution in [1.82, 2.24) is 4.90 Å². The maximum atomic E-state index is 12.9. The lowest BCUT2D eigenvalue weighted by molar-refractivity contribution is -0.137. The summed E-state index contributed by atoms with van der Waals surface area (Å²) in [5, 5.41) is 11.3. The Hall–Kier alpha value is -2.11. The molecule has 19 heavy (non-hydrogen) atoms. The van der Waals surface area contributed by atoms with Crippen LogP contribution in [0.2, 0.25) is 0 Å². The van der Waals surface area contributed by atoms with Crippen LogP contribution in [0.3, 0.4) is 0 Å². The highest BCUT2D eigenvalue weighted by atomic mass is 19.1. The van der Waals surface area contributed by atoms with Gasteiger partial charge in [-0.25, -0.2) is 9.18 Å². The SMILES string of the molecule is CCCN(CC(=O)O)C(=O)Nc1ccc(F)cc1C.